The largest absolute Gasteiger partial charge is 0.380 e. The van der Waals surface area contributed by atoms with Crippen molar-refractivity contribution in [2.24, 2.45) is 5.92 Å². The summed E-state index contributed by atoms with van der Waals surface area (Å²) in [6, 6.07) is 3.72. The van der Waals surface area contributed by atoms with Gasteiger partial charge in [0.15, 0.2) is 0 Å². The molecule has 1 fully saturated rings. The minimum Gasteiger partial charge on any atom is -0.380 e. The maximum Gasteiger partial charge on any atom is 0.140 e. The molecule has 2 rings (SSSR count). The molecule has 1 heterocycles. The minimum absolute atomic E-state index is 0.125. The first kappa shape index (κ1) is 14.0. The van der Waals surface area contributed by atoms with Gasteiger partial charge in [-0.15, -0.1) is 0 Å². The van der Waals surface area contributed by atoms with Gasteiger partial charge in [0.1, 0.15) is 5.82 Å². The lowest BCUT2D eigenvalue weighted by molar-refractivity contribution is 0.184. The van der Waals surface area contributed by atoms with Gasteiger partial charge in [-0.05, 0) is 71.4 Å². The summed E-state index contributed by atoms with van der Waals surface area (Å²) in [5.41, 5.74) is 1.81. The number of benzene rings is 1. The number of rotatable bonds is 4. The van der Waals surface area contributed by atoms with Gasteiger partial charge in [0.25, 0.3) is 0 Å². The molecular weight excluding hydrogens is 297 g/mol. The van der Waals surface area contributed by atoms with E-state index in [2.05, 4.69) is 21.2 Å². The van der Waals surface area contributed by atoms with Crippen LogP contribution in [0.5, 0.6) is 0 Å². The predicted molar refractivity (Wildman–Crippen MR) is 74.1 cm³/mol. The molecule has 1 aliphatic heterocycles. The zero-order valence-corrected chi connectivity index (χ0v) is 12.2. The van der Waals surface area contributed by atoms with Gasteiger partial charge in [-0.3, -0.25) is 0 Å². The summed E-state index contributed by atoms with van der Waals surface area (Å²) in [7, 11) is 1.65. The highest BCUT2D eigenvalue weighted by molar-refractivity contribution is 9.10. The fourth-order valence-corrected chi connectivity index (χ4v) is 3.06. The SMILES string of the molecule is COCc1cc(Br)c(F)c(CC2CCCNC2)c1. The topological polar surface area (TPSA) is 21.3 Å². The van der Waals surface area contributed by atoms with E-state index in [1.54, 1.807) is 13.2 Å². The van der Waals surface area contributed by atoms with Gasteiger partial charge in [0.2, 0.25) is 0 Å². The lowest BCUT2D eigenvalue weighted by atomic mass is 9.91. The van der Waals surface area contributed by atoms with Gasteiger partial charge < -0.3 is 10.1 Å². The molecule has 1 aliphatic rings. The van der Waals surface area contributed by atoms with Gasteiger partial charge in [-0.2, -0.15) is 0 Å². The van der Waals surface area contributed by atoms with Crippen molar-refractivity contribution in [3.63, 3.8) is 0 Å². The first-order valence-electron chi connectivity index (χ1n) is 6.37. The van der Waals surface area contributed by atoms with Crippen molar-refractivity contribution in [1.82, 2.24) is 5.32 Å². The maximum absolute atomic E-state index is 14.1. The van der Waals surface area contributed by atoms with Crippen molar-refractivity contribution in [2.45, 2.75) is 25.9 Å². The second-order valence-electron chi connectivity index (χ2n) is 4.90. The van der Waals surface area contributed by atoms with Gasteiger partial charge in [0.05, 0.1) is 11.1 Å². The Morgan fingerprint density at radius 2 is 2.33 bits per heavy atom. The van der Waals surface area contributed by atoms with Crippen LogP contribution in [0, 0.1) is 11.7 Å². The summed E-state index contributed by atoms with van der Waals surface area (Å²) in [5, 5.41) is 3.37. The monoisotopic (exact) mass is 315 g/mol. The van der Waals surface area contributed by atoms with Crippen molar-refractivity contribution >= 4 is 15.9 Å². The van der Waals surface area contributed by atoms with Crippen LogP contribution < -0.4 is 5.32 Å². The first-order valence-corrected chi connectivity index (χ1v) is 7.16. The molecule has 1 atom stereocenters. The quantitative estimate of drug-likeness (QED) is 0.920. The minimum atomic E-state index is -0.125. The fraction of sp³-hybridized carbons (Fsp3) is 0.571. The molecule has 1 unspecified atom stereocenters. The molecule has 0 saturated carbocycles. The summed E-state index contributed by atoms with van der Waals surface area (Å²) in [4.78, 5) is 0. The molecule has 0 bridgehead atoms. The van der Waals surface area contributed by atoms with Crippen molar-refractivity contribution in [3.8, 4) is 0 Å². The smallest absolute Gasteiger partial charge is 0.140 e. The number of hydrogen-bond acceptors (Lipinski definition) is 2. The predicted octanol–water partition coefficient (Wildman–Crippen LogP) is 3.28. The Balaban J connectivity index is 2.14. The zero-order chi connectivity index (χ0) is 13.0. The van der Waals surface area contributed by atoms with E-state index >= 15 is 0 Å². The first-order chi connectivity index (χ1) is 8.70. The van der Waals surface area contributed by atoms with Crippen molar-refractivity contribution in [1.29, 1.82) is 0 Å². The Morgan fingerprint density at radius 1 is 1.50 bits per heavy atom. The van der Waals surface area contributed by atoms with Crippen LogP contribution in [-0.4, -0.2) is 20.2 Å². The zero-order valence-electron chi connectivity index (χ0n) is 10.6. The second kappa shape index (κ2) is 6.64. The van der Waals surface area contributed by atoms with E-state index in [9.17, 15) is 4.39 Å². The summed E-state index contributed by atoms with van der Waals surface area (Å²) < 4.78 is 19.7. The third-order valence-electron chi connectivity index (χ3n) is 3.38. The number of hydrogen-bond donors (Lipinski definition) is 1. The van der Waals surface area contributed by atoms with Crippen molar-refractivity contribution in [3.05, 3.63) is 33.5 Å². The molecule has 4 heteroatoms. The lowest BCUT2D eigenvalue weighted by Crippen LogP contribution is -2.31. The maximum atomic E-state index is 14.1. The van der Waals surface area contributed by atoms with Crippen LogP contribution in [0.25, 0.3) is 0 Å². The molecular formula is C14H19BrFNO. The molecule has 0 amide bonds. The fourth-order valence-electron chi connectivity index (χ4n) is 2.52. The molecule has 2 nitrogen and oxygen atoms in total. The standard InChI is InChI=1S/C14H19BrFNO/c1-18-9-11-6-12(14(16)13(15)7-11)5-10-3-2-4-17-8-10/h6-7,10,17H,2-5,8-9H2,1H3. The summed E-state index contributed by atoms with van der Waals surface area (Å²) in [6.45, 7) is 2.60. The van der Waals surface area contributed by atoms with E-state index in [4.69, 9.17) is 4.74 Å². The normalized spacial score (nSPS) is 20.1. The van der Waals surface area contributed by atoms with E-state index in [0.29, 0.717) is 17.0 Å². The van der Waals surface area contributed by atoms with Crippen LogP contribution in [0.3, 0.4) is 0 Å². The summed E-state index contributed by atoms with van der Waals surface area (Å²) in [5.74, 6) is 0.415. The van der Waals surface area contributed by atoms with E-state index in [1.807, 2.05) is 6.07 Å². The third kappa shape index (κ3) is 3.53. The Kier molecular flexibility index (Phi) is 5.15. The van der Waals surface area contributed by atoms with Gasteiger partial charge in [-0.25, -0.2) is 4.39 Å². The lowest BCUT2D eigenvalue weighted by Gasteiger charge is -2.23. The number of nitrogens with one attached hydrogen (secondary N) is 1. The summed E-state index contributed by atoms with van der Waals surface area (Å²) >= 11 is 3.29. The van der Waals surface area contributed by atoms with Crippen LogP contribution in [0.1, 0.15) is 24.0 Å². The number of ether oxygens (including phenoxy) is 1. The molecule has 1 saturated heterocycles. The van der Waals surface area contributed by atoms with E-state index in [0.717, 1.165) is 30.6 Å². The van der Waals surface area contributed by atoms with E-state index in [-0.39, 0.29) is 5.82 Å². The molecule has 1 aromatic carbocycles. The third-order valence-corrected chi connectivity index (χ3v) is 3.96. The Morgan fingerprint density at radius 3 is 3.00 bits per heavy atom. The highest BCUT2D eigenvalue weighted by atomic mass is 79.9. The molecule has 100 valence electrons. The Bertz CT molecular complexity index is 405. The van der Waals surface area contributed by atoms with Crippen molar-refractivity contribution in [2.75, 3.05) is 20.2 Å². The Labute approximate surface area is 116 Å². The number of piperidine rings is 1. The van der Waals surface area contributed by atoms with Crippen molar-refractivity contribution < 1.29 is 9.13 Å². The van der Waals surface area contributed by atoms with Crippen LogP contribution in [-0.2, 0) is 17.8 Å². The number of methoxy groups -OCH3 is 1. The van der Waals surface area contributed by atoms with Crippen LogP contribution in [0.4, 0.5) is 4.39 Å². The van der Waals surface area contributed by atoms with Gasteiger partial charge >= 0.3 is 0 Å². The van der Waals surface area contributed by atoms with Gasteiger partial charge in [0, 0.05) is 7.11 Å². The van der Waals surface area contributed by atoms with Gasteiger partial charge in [-0.1, -0.05) is 6.07 Å². The Hall–Kier alpha value is -0.450. The summed E-state index contributed by atoms with van der Waals surface area (Å²) in [6.07, 6.45) is 3.17. The van der Waals surface area contributed by atoms with Crippen LogP contribution >= 0.6 is 15.9 Å². The molecule has 0 spiro atoms. The second-order valence-corrected chi connectivity index (χ2v) is 5.75. The molecule has 18 heavy (non-hydrogen) atoms. The highest BCUT2D eigenvalue weighted by Crippen LogP contribution is 2.25. The average molecular weight is 316 g/mol. The molecule has 1 N–H and O–H groups in total. The van der Waals surface area contributed by atoms with Crippen LogP contribution in [0.15, 0.2) is 16.6 Å². The molecule has 1 aromatic rings. The molecule has 0 aliphatic carbocycles. The van der Waals surface area contributed by atoms with E-state index < -0.39 is 0 Å². The molecule has 0 aromatic heterocycles. The molecule has 0 radical (unpaired) electrons. The van der Waals surface area contributed by atoms with Crippen LogP contribution in [0.2, 0.25) is 0 Å². The average Bonchev–Trinajstić information content (AvgIpc) is 2.37. The highest BCUT2D eigenvalue weighted by Gasteiger charge is 2.17. The number of halogens is 2. The van der Waals surface area contributed by atoms with E-state index in [1.165, 1.54) is 12.8 Å².